The second-order valence-electron chi connectivity index (χ2n) is 5.84. The molecule has 0 bridgehead atoms. The van der Waals surface area contributed by atoms with Gasteiger partial charge in [-0.2, -0.15) is 4.80 Å². The summed E-state index contributed by atoms with van der Waals surface area (Å²) in [5, 5.41) is 15.8. The summed E-state index contributed by atoms with van der Waals surface area (Å²) in [7, 11) is 0. The third-order valence-electron chi connectivity index (χ3n) is 3.59. The molecule has 0 fully saturated rings. The van der Waals surface area contributed by atoms with Gasteiger partial charge in [0.15, 0.2) is 6.04 Å². The van der Waals surface area contributed by atoms with Crippen molar-refractivity contribution in [1.82, 2.24) is 25.2 Å². The number of hydrogen-bond donors (Lipinski definition) is 1. The molecule has 2 heterocycles. The Morgan fingerprint density at radius 3 is 2.56 bits per heavy atom. The van der Waals surface area contributed by atoms with E-state index in [1.807, 2.05) is 44.2 Å². The molecule has 0 aliphatic rings. The molecule has 3 rings (SSSR count). The summed E-state index contributed by atoms with van der Waals surface area (Å²) in [5.74, 6) is 0.596. The van der Waals surface area contributed by atoms with Crippen molar-refractivity contribution in [3.63, 3.8) is 0 Å². The lowest BCUT2D eigenvalue weighted by Gasteiger charge is -2.18. The summed E-state index contributed by atoms with van der Waals surface area (Å²) in [6.07, 6.45) is 1.47. The number of carbonyl (C=O) groups excluding carboxylic acids is 1. The Morgan fingerprint density at radius 1 is 1.16 bits per heavy atom. The Bertz CT molecular complexity index is 847. The first-order valence-corrected chi connectivity index (χ1v) is 8.20. The number of tetrazole rings is 1. The average molecular weight is 357 g/mol. The maximum Gasteiger partial charge on any atom is 0.252 e. The zero-order valence-corrected chi connectivity index (χ0v) is 14.6. The van der Waals surface area contributed by atoms with Crippen molar-refractivity contribution in [1.29, 1.82) is 0 Å². The van der Waals surface area contributed by atoms with Crippen LogP contribution in [0.15, 0.2) is 48.7 Å². The van der Waals surface area contributed by atoms with Crippen molar-refractivity contribution in [3.05, 3.63) is 53.7 Å². The highest BCUT2D eigenvalue weighted by Gasteiger charge is 2.27. The van der Waals surface area contributed by atoms with Gasteiger partial charge in [0, 0.05) is 11.8 Å². The van der Waals surface area contributed by atoms with Crippen LogP contribution in [-0.2, 0) is 4.79 Å². The van der Waals surface area contributed by atoms with Crippen LogP contribution in [0.5, 0.6) is 0 Å². The molecular weight excluding hydrogens is 340 g/mol. The third-order valence-corrected chi connectivity index (χ3v) is 3.81. The lowest BCUT2D eigenvalue weighted by Crippen LogP contribution is -2.31. The lowest BCUT2D eigenvalue weighted by molar-refractivity contribution is -0.121. The normalized spacial score (nSPS) is 12.2. The lowest BCUT2D eigenvalue weighted by atomic mass is 10.0. The highest BCUT2D eigenvalue weighted by Crippen LogP contribution is 2.20. The van der Waals surface area contributed by atoms with E-state index < -0.39 is 6.04 Å². The number of anilines is 1. The van der Waals surface area contributed by atoms with E-state index in [2.05, 4.69) is 25.7 Å². The molecule has 25 heavy (non-hydrogen) atoms. The summed E-state index contributed by atoms with van der Waals surface area (Å²) in [6.45, 7) is 3.84. The van der Waals surface area contributed by atoms with Crippen LogP contribution in [0.3, 0.4) is 0 Å². The van der Waals surface area contributed by atoms with Gasteiger partial charge in [0.25, 0.3) is 5.91 Å². The smallest absolute Gasteiger partial charge is 0.252 e. The molecule has 0 saturated carbocycles. The molecule has 1 unspecified atom stereocenters. The van der Waals surface area contributed by atoms with Gasteiger partial charge in [-0.1, -0.05) is 55.8 Å². The summed E-state index contributed by atoms with van der Waals surface area (Å²) < 4.78 is 0. The Kier molecular flexibility index (Phi) is 5.04. The Labute approximate surface area is 150 Å². The highest BCUT2D eigenvalue weighted by atomic mass is 35.5. The molecule has 0 radical (unpaired) electrons. The molecule has 1 atom stereocenters. The van der Waals surface area contributed by atoms with Crippen molar-refractivity contribution in [2.24, 2.45) is 5.92 Å². The van der Waals surface area contributed by atoms with Gasteiger partial charge in [-0.25, -0.2) is 4.98 Å². The van der Waals surface area contributed by atoms with Crippen LogP contribution in [-0.4, -0.2) is 31.1 Å². The number of amides is 1. The van der Waals surface area contributed by atoms with E-state index in [9.17, 15) is 4.79 Å². The highest BCUT2D eigenvalue weighted by molar-refractivity contribution is 6.30. The number of rotatable bonds is 5. The van der Waals surface area contributed by atoms with Gasteiger partial charge >= 0.3 is 0 Å². The molecule has 7 nitrogen and oxygen atoms in total. The SMILES string of the molecule is CC(C)C(C(=O)Nc1ccc(Cl)cn1)n1nnc(-c2ccccc2)n1. The predicted molar refractivity (Wildman–Crippen MR) is 95.0 cm³/mol. The minimum absolute atomic E-state index is 0.0369. The second kappa shape index (κ2) is 7.40. The van der Waals surface area contributed by atoms with Crippen molar-refractivity contribution in [3.8, 4) is 11.4 Å². The standard InChI is InChI=1S/C17H17ClN6O/c1-11(2)15(17(25)20-14-9-8-13(18)10-19-14)24-22-16(21-23-24)12-6-4-3-5-7-12/h3-11,15H,1-2H3,(H,19,20,25). The Morgan fingerprint density at radius 2 is 1.92 bits per heavy atom. The summed E-state index contributed by atoms with van der Waals surface area (Å²) in [5.41, 5.74) is 0.844. The van der Waals surface area contributed by atoms with E-state index in [1.54, 1.807) is 12.1 Å². The first-order chi connectivity index (χ1) is 12.0. The number of halogens is 1. The number of nitrogens with one attached hydrogen (secondary N) is 1. The van der Waals surface area contributed by atoms with Crippen LogP contribution < -0.4 is 5.32 Å². The molecule has 128 valence electrons. The topological polar surface area (TPSA) is 85.6 Å². The van der Waals surface area contributed by atoms with Crippen molar-refractivity contribution in [2.45, 2.75) is 19.9 Å². The third kappa shape index (κ3) is 4.00. The fourth-order valence-corrected chi connectivity index (χ4v) is 2.48. The molecule has 0 aliphatic heterocycles. The van der Waals surface area contributed by atoms with E-state index in [-0.39, 0.29) is 11.8 Å². The van der Waals surface area contributed by atoms with Crippen LogP contribution in [0.2, 0.25) is 5.02 Å². The number of hydrogen-bond acceptors (Lipinski definition) is 5. The van der Waals surface area contributed by atoms with E-state index in [0.717, 1.165) is 5.56 Å². The molecule has 1 aromatic carbocycles. The Hall–Kier alpha value is -2.80. The minimum atomic E-state index is -0.609. The molecule has 1 N–H and O–H groups in total. The van der Waals surface area contributed by atoms with Gasteiger partial charge in [-0.05, 0) is 23.3 Å². The summed E-state index contributed by atoms with van der Waals surface area (Å²) in [6, 6.07) is 12.2. The Balaban J connectivity index is 1.82. The van der Waals surface area contributed by atoms with Crippen LogP contribution >= 0.6 is 11.6 Å². The minimum Gasteiger partial charge on any atom is -0.309 e. The quantitative estimate of drug-likeness (QED) is 0.758. The van der Waals surface area contributed by atoms with E-state index in [1.165, 1.54) is 11.0 Å². The fourth-order valence-electron chi connectivity index (χ4n) is 2.37. The van der Waals surface area contributed by atoms with Crippen LogP contribution in [0, 0.1) is 5.92 Å². The molecular formula is C17H17ClN6O. The number of nitrogens with zero attached hydrogens (tertiary/aromatic N) is 5. The largest absolute Gasteiger partial charge is 0.309 e. The van der Waals surface area contributed by atoms with Gasteiger partial charge in [-0.15, -0.1) is 10.2 Å². The number of carbonyl (C=O) groups is 1. The second-order valence-corrected chi connectivity index (χ2v) is 6.28. The zero-order valence-electron chi connectivity index (χ0n) is 13.8. The summed E-state index contributed by atoms with van der Waals surface area (Å²) in [4.78, 5) is 18.1. The molecule has 1 amide bonds. The zero-order chi connectivity index (χ0) is 17.8. The van der Waals surface area contributed by atoms with Gasteiger partial charge in [0.2, 0.25) is 5.82 Å². The first kappa shape index (κ1) is 17.0. The summed E-state index contributed by atoms with van der Waals surface area (Å²) >= 11 is 5.81. The number of aromatic nitrogens is 5. The fraction of sp³-hybridized carbons (Fsp3) is 0.235. The van der Waals surface area contributed by atoms with Crippen LogP contribution in [0.25, 0.3) is 11.4 Å². The molecule has 0 saturated heterocycles. The maximum atomic E-state index is 12.7. The van der Waals surface area contributed by atoms with Crippen molar-refractivity contribution in [2.75, 3.05) is 5.32 Å². The molecule has 0 aliphatic carbocycles. The number of benzene rings is 1. The first-order valence-electron chi connectivity index (χ1n) is 7.82. The molecule has 2 aromatic heterocycles. The predicted octanol–water partition coefficient (Wildman–Crippen LogP) is 3.22. The van der Waals surface area contributed by atoms with Crippen LogP contribution in [0.4, 0.5) is 5.82 Å². The van der Waals surface area contributed by atoms with Crippen LogP contribution in [0.1, 0.15) is 19.9 Å². The maximum absolute atomic E-state index is 12.7. The van der Waals surface area contributed by atoms with E-state index in [0.29, 0.717) is 16.7 Å². The monoisotopic (exact) mass is 356 g/mol. The van der Waals surface area contributed by atoms with Gasteiger partial charge < -0.3 is 5.32 Å². The van der Waals surface area contributed by atoms with Crippen molar-refractivity contribution >= 4 is 23.3 Å². The van der Waals surface area contributed by atoms with Gasteiger partial charge in [0.05, 0.1) is 5.02 Å². The van der Waals surface area contributed by atoms with Crippen molar-refractivity contribution < 1.29 is 4.79 Å². The van der Waals surface area contributed by atoms with E-state index in [4.69, 9.17) is 11.6 Å². The average Bonchev–Trinajstić information content (AvgIpc) is 3.07. The molecule has 0 spiro atoms. The van der Waals surface area contributed by atoms with Gasteiger partial charge in [0.1, 0.15) is 5.82 Å². The molecule has 3 aromatic rings. The molecule has 8 heteroatoms. The van der Waals surface area contributed by atoms with E-state index >= 15 is 0 Å². The van der Waals surface area contributed by atoms with Gasteiger partial charge in [-0.3, -0.25) is 4.79 Å². The number of pyridine rings is 1.